The Labute approximate surface area is 176 Å². The van der Waals surface area contributed by atoms with Crippen molar-refractivity contribution in [2.45, 2.75) is 32.6 Å². The van der Waals surface area contributed by atoms with Crippen LogP contribution in [-0.4, -0.2) is 55.2 Å². The normalized spacial score (nSPS) is 18.5. The molecular formula is C22H28N4O4. The minimum absolute atomic E-state index is 0.105. The van der Waals surface area contributed by atoms with Crippen molar-refractivity contribution in [2.24, 2.45) is 0 Å². The molecule has 2 amide bonds. The number of carbonyl (C=O) groups excluding carboxylic acids is 2. The Bertz CT molecular complexity index is 819. The van der Waals surface area contributed by atoms with E-state index in [1.165, 1.54) is 0 Å². The SMILES string of the molecule is CC1CN(c2ccc(CNC(=O)CNC(=O)COc3ccccc3)cn2)CC(C)O1. The predicted molar refractivity (Wildman–Crippen MR) is 113 cm³/mol. The highest BCUT2D eigenvalue weighted by Crippen LogP contribution is 2.18. The molecule has 8 heteroatoms. The minimum atomic E-state index is -0.353. The van der Waals surface area contributed by atoms with Crippen molar-refractivity contribution in [3.8, 4) is 5.75 Å². The summed E-state index contributed by atoms with van der Waals surface area (Å²) in [7, 11) is 0. The zero-order valence-electron chi connectivity index (χ0n) is 17.3. The Morgan fingerprint density at radius 1 is 1.07 bits per heavy atom. The van der Waals surface area contributed by atoms with Crippen molar-refractivity contribution < 1.29 is 19.1 Å². The van der Waals surface area contributed by atoms with Gasteiger partial charge in [-0.25, -0.2) is 4.98 Å². The number of hydrogen-bond acceptors (Lipinski definition) is 6. The summed E-state index contributed by atoms with van der Waals surface area (Å²) >= 11 is 0. The van der Waals surface area contributed by atoms with Gasteiger partial charge >= 0.3 is 0 Å². The summed E-state index contributed by atoms with van der Waals surface area (Å²) in [5, 5.41) is 5.31. The molecule has 30 heavy (non-hydrogen) atoms. The molecule has 1 saturated heterocycles. The van der Waals surface area contributed by atoms with Gasteiger partial charge in [-0.1, -0.05) is 24.3 Å². The lowest BCUT2D eigenvalue weighted by molar-refractivity contribution is -0.127. The molecule has 8 nitrogen and oxygen atoms in total. The molecule has 0 saturated carbocycles. The first-order chi connectivity index (χ1) is 14.5. The van der Waals surface area contributed by atoms with E-state index in [9.17, 15) is 9.59 Å². The fourth-order valence-corrected chi connectivity index (χ4v) is 3.23. The van der Waals surface area contributed by atoms with Crippen LogP contribution < -0.4 is 20.3 Å². The molecule has 1 fully saturated rings. The number of amides is 2. The van der Waals surface area contributed by atoms with Crippen LogP contribution in [0.5, 0.6) is 5.75 Å². The topological polar surface area (TPSA) is 92.8 Å². The quantitative estimate of drug-likeness (QED) is 0.683. The Hall–Kier alpha value is -3.13. The van der Waals surface area contributed by atoms with Crippen LogP contribution in [0.1, 0.15) is 19.4 Å². The third-order valence-corrected chi connectivity index (χ3v) is 4.60. The number of morpholine rings is 1. The number of nitrogens with one attached hydrogen (secondary N) is 2. The smallest absolute Gasteiger partial charge is 0.258 e. The molecule has 1 aliphatic rings. The van der Waals surface area contributed by atoms with Crippen LogP contribution in [0.25, 0.3) is 0 Å². The number of anilines is 1. The van der Waals surface area contributed by atoms with Crippen LogP contribution >= 0.6 is 0 Å². The number of para-hydroxylation sites is 1. The lowest BCUT2D eigenvalue weighted by Gasteiger charge is -2.36. The first-order valence-corrected chi connectivity index (χ1v) is 10.1. The Balaban J connectivity index is 1.36. The molecule has 1 aliphatic heterocycles. The molecular weight excluding hydrogens is 384 g/mol. The van der Waals surface area contributed by atoms with E-state index in [1.54, 1.807) is 18.3 Å². The first kappa shape index (κ1) is 21.6. The van der Waals surface area contributed by atoms with Crippen molar-refractivity contribution in [1.82, 2.24) is 15.6 Å². The number of aromatic nitrogens is 1. The standard InChI is InChI=1S/C22H28N4O4/c1-16-13-26(14-17(2)30-16)20-9-8-18(10-23-20)11-24-21(27)12-25-22(28)15-29-19-6-4-3-5-7-19/h3-10,16-17H,11-15H2,1-2H3,(H,24,27)(H,25,28). The maximum absolute atomic E-state index is 12.0. The monoisotopic (exact) mass is 412 g/mol. The van der Waals surface area contributed by atoms with E-state index in [2.05, 4.69) is 34.4 Å². The average molecular weight is 412 g/mol. The van der Waals surface area contributed by atoms with E-state index in [0.29, 0.717) is 12.3 Å². The minimum Gasteiger partial charge on any atom is -0.484 e. The molecule has 2 unspecified atom stereocenters. The molecule has 1 aromatic heterocycles. The third kappa shape index (κ3) is 6.73. The van der Waals surface area contributed by atoms with Crippen molar-refractivity contribution >= 4 is 17.6 Å². The van der Waals surface area contributed by atoms with Gasteiger partial charge in [0.15, 0.2) is 6.61 Å². The van der Waals surface area contributed by atoms with E-state index < -0.39 is 0 Å². The van der Waals surface area contributed by atoms with Crippen LogP contribution in [0.15, 0.2) is 48.7 Å². The van der Waals surface area contributed by atoms with Gasteiger partial charge in [-0.3, -0.25) is 9.59 Å². The first-order valence-electron chi connectivity index (χ1n) is 10.1. The number of ether oxygens (including phenoxy) is 2. The van der Waals surface area contributed by atoms with Crippen LogP contribution in [-0.2, 0) is 20.9 Å². The molecule has 1 aromatic carbocycles. The Morgan fingerprint density at radius 3 is 2.47 bits per heavy atom. The summed E-state index contributed by atoms with van der Waals surface area (Å²) < 4.78 is 11.1. The van der Waals surface area contributed by atoms with Gasteiger partial charge in [0.25, 0.3) is 5.91 Å². The highest BCUT2D eigenvalue weighted by molar-refractivity contribution is 5.85. The second-order valence-electron chi connectivity index (χ2n) is 7.34. The molecule has 160 valence electrons. The maximum atomic E-state index is 12.0. The summed E-state index contributed by atoms with van der Waals surface area (Å²) in [4.78, 5) is 30.5. The highest BCUT2D eigenvalue weighted by atomic mass is 16.5. The van der Waals surface area contributed by atoms with Crippen molar-refractivity contribution in [3.05, 3.63) is 54.2 Å². The van der Waals surface area contributed by atoms with Crippen molar-refractivity contribution in [3.63, 3.8) is 0 Å². The van der Waals surface area contributed by atoms with Crippen LogP contribution in [0.4, 0.5) is 5.82 Å². The zero-order valence-corrected chi connectivity index (χ0v) is 17.3. The number of pyridine rings is 1. The van der Waals surface area contributed by atoms with Gasteiger partial charge < -0.3 is 25.0 Å². The van der Waals surface area contributed by atoms with E-state index in [1.807, 2.05) is 30.3 Å². The lowest BCUT2D eigenvalue weighted by Crippen LogP contribution is -2.45. The second-order valence-corrected chi connectivity index (χ2v) is 7.34. The lowest BCUT2D eigenvalue weighted by atomic mass is 10.2. The number of nitrogens with zero attached hydrogens (tertiary/aromatic N) is 2. The number of benzene rings is 1. The highest BCUT2D eigenvalue weighted by Gasteiger charge is 2.22. The number of carbonyl (C=O) groups is 2. The van der Waals surface area contributed by atoms with Gasteiger partial charge in [0.05, 0.1) is 18.8 Å². The Morgan fingerprint density at radius 2 is 1.80 bits per heavy atom. The summed E-state index contributed by atoms with van der Waals surface area (Å²) in [6.45, 7) is 5.83. The molecule has 2 atom stereocenters. The van der Waals surface area contributed by atoms with E-state index in [-0.39, 0.29) is 37.2 Å². The van der Waals surface area contributed by atoms with E-state index in [0.717, 1.165) is 24.5 Å². The average Bonchev–Trinajstić information content (AvgIpc) is 2.75. The third-order valence-electron chi connectivity index (χ3n) is 4.60. The van der Waals surface area contributed by atoms with Gasteiger partial charge in [0.2, 0.25) is 5.91 Å². The van der Waals surface area contributed by atoms with Gasteiger partial charge in [-0.2, -0.15) is 0 Å². The van der Waals surface area contributed by atoms with Crippen LogP contribution in [0.3, 0.4) is 0 Å². The molecule has 0 radical (unpaired) electrons. The fraction of sp³-hybridized carbons (Fsp3) is 0.409. The predicted octanol–water partition coefficient (Wildman–Crippen LogP) is 1.51. The fourth-order valence-electron chi connectivity index (χ4n) is 3.23. The number of hydrogen-bond donors (Lipinski definition) is 2. The van der Waals surface area contributed by atoms with Gasteiger partial charge in [-0.15, -0.1) is 0 Å². The second kappa shape index (κ2) is 10.6. The maximum Gasteiger partial charge on any atom is 0.258 e. The van der Waals surface area contributed by atoms with E-state index in [4.69, 9.17) is 9.47 Å². The molecule has 2 heterocycles. The van der Waals surface area contributed by atoms with Crippen molar-refractivity contribution in [2.75, 3.05) is 31.1 Å². The van der Waals surface area contributed by atoms with Crippen LogP contribution in [0, 0.1) is 0 Å². The zero-order chi connectivity index (χ0) is 21.3. The van der Waals surface area contributed by atoms with Gasteiger partial charge in [-0.05, 0) is 37.6 Å². The van der Waals surface area contributed by atoms with E-state index >= 15 is 0 Å². The summed E-state index contributed by atoms with van der Waals surface area (Å²) in [5.74, 6) is 0.878. The molecule has 0 bridgehead atoms. The molecule has 2 N–H and O–H groups in total. The van der Waals surface area contributed by atoms with Gasteiger partial charge in [0, 0.05) is 25.8 Å². The van der Waals surface area contributed by atoms with Gasteiger partial charge in [0.1, 0.15) is 11.6 Å². The molecule has 0 spiro atoms. The Kier molecular flexibility index (Phi) is 7.62. The molecule has 3 rings (SSSR count). The van der Waals surface area contributed by atoms with Crippen molar-refractivity contribution in [1.29, 1.82) is 0 Å². The summed E-state index contributed by atoms with van der Waals surface area (Å²) in [6, 6.07) is 12.9. The molecule has 0 aliphatic carbocycles. The van der Waals surface area contributed by atoms with Crippen LogP contribution in [0.2, 0.25) is 0 Å². The molecule has 2 aromatic rings. The number of rotatable bonds is 8. The largest absolute Gasteiger partial charge is 0.484 e. The summed E-state index contributed by atoms with van der Waals surface area (Å²) in [6.07, 6.45) is 2.10. The summed E-state index contributed by atoms with van der Waals surface area (Å²) in [5.41, 5.74) is 0.889.